The Hall–Kier alpha value is -1.12. The maximum atomic E-state index is 12.0. The van der Waals surface area contributed by atoms with Crippen LogP contribution in [0.3, 0.4) is 0 Å². The highest BCUT2D eigenvalue weighted by Gasteiger charge is 2.43. The van der Waals surface area contributed by atoms with Crippen molar-refractivity contribution in [2.75, 3.05) is 13.2 Å². The van der Waals surface area contributed by atoms with Crippen molar-refractivity contribution in [3.8, 4) is 6.07 Å². The summed E-state index contributed by atoms with van der Waals surface area (Å²) in [4.78, 5) is 12.0. The number of nitrogens with zero attached hydrogens (tertiary/aromatic N) is 1. The number of carbonyl (C=O) groups excluding carboxylic acids is 1. The molecule has 3 N–H and O–H groups in total. The molecule has 0 aliphatic heterocycles. The molecule has 5 heteroatoms. The van der Waals surface area contributed by atoms with Crippen LogP contribution >= 0.6 is 0 Å². The molecular formula is C14H23N3O2. The van der Waals surface area contributed by atoms with E-state index < -0.39 is 5.54 Å². The third-order valence-electron chi connectivity index (χ3n) is 4.51. The van der Waals surface area contributed by atoms with Gasteiger partial charge in [-0.05, 0) is 38.5 Å². The van der Waals surface area contributed by atoms with Gasteiger partial charge in [0.2, 0.25) is 5.91 Å². The van der Waals surface area contributed by atoms with E-state index in [0.29, 0.717) is 5.92 Å². The normalized spacial score (nSPS) is 24.5. The van der Waals surface area contributed by atoms with Gasteiger partial charge in [-0.2, -0.15) is 5.26 Å². The number of nitriles is 1. The monoisotopic (exact) mass is 265 g/mol. The lowest BCUT2D eigenvalue weighted by Gasteiger charge is -2.29. The van der Waals surface area contributed by atoms with Crippen molar-refractivity contribution in [3.05, 3.63) is 0 Å². The van der Waals surface area contributed by atoms with Gasteiger partial charge in [-0.1, -0.05) is 12.8 Å². The molecule has 1 amide bonds. The second-order valence-electron chi connectivity index (χ2n) is 6.14. The molecule has 2 fully saturated rings. The smallest absolute Gasteiger partial charge is 0.235 e. The van der Waals surface area contributed by atoms with Crippen LogP contribution in [0.2, 0.25) is 0 Å². The van der Waals surface area contributed by atoms with Gasteiger partial charge in [0.15, 0.2) is 0 Å². The van der Waals surface area contributed by atoms with Gasteiger partial charge in [0.05, 0.1) is 19.2 Å². The summed E-state index contributed by atoms with van der Waals surface area (Å²) in [6.07, 6.45) is 6.03. The Labute approximate surface area is 114 Å². The molecule has 2 aliphatic rings. The van der Waals surface area contributed by atoms with Crippen molar-refractivity contribution in [1.82, 2.24) is 10.6 Å². The second-order valence-corrected chi connectivity index (χ2v) is 6.14. The highest BCUT2D eigenvalue weighted by Crippen LogP contribution is 2.39. The van der Waals surface area contributed by atoms with Gasteiger partial charge in [-0.15, -0.1) is 0 Å². The summed E-state index contributed by atoms with van der Waals surface area (Å²) in [5.41, 5.74) is -1.03. The summed E-state index contributed by atoms with van der Waals surface area (Å²) in [6, 6.07) is 2.21. The average Bonchev–Trinajstić information content (AvgIpc) is 3.17. The number of hydrogen-bond acceptors (Lipinski definition) is 4. The Balaban J connectivity index is 1.83. The van der Waals surface area contributed by atoms with E-state index in [4.69, 9.17) is 0 Å². The first-order valence-electron chi connectivity index (χ1n) is 7.12. The first-order valence-corrected chi connectivity index (χ1v) is 7.12. The van der Waals surface area contributed by atoms with Crippen molar-refractivity contribution in [1.29, 1.82) is 5.26 Å². The van der Waals surface area contributed by atoms with Crippen LogP contribution in [0.4, 0.5) is 0 Å². The van der Waals surface area contributed by atoms with Crippen molar-refractivity contribution < 1.29 is 9.90 Å². The summed E-state index contributed by atoms with van der Waals surface area (Å²) in [5.74, 6) is 0.135. The molecule has 0 aromatic rings. The number of carbonyl (C=O) groups is 1. The fraction of sp³-hybridized carbons (Fsp3) is 0.857. The lowest BCUT2D eigenvalue weighted by Crippen LogP contribution is -2.54. The largest absolute Gasteiger partial charge is 0.394 e. The minimum atomic E-state index is -0.735. The van der Waals surface area contributed by atoms with Crippen LogP contribution in [-0.2, 0) is 4.79 Å². The molecule has 2 aliphatic carbocycles. The molecule has 0 aromatic carbocycles. The van der Waals surface area contributed by atoms with E-state index in [0.717, 1.165) is 38.5 Å². The predicted molar refractivity (Wildman–Crippen MR) is 71.2 cm³/mol. The van der Waals surface area contributed by atoms with Crippen LogP contribution < -0.4 is 10.6 Å². The molecule has 0 aromatic heterocycles. The Morgan fingerprint density at radius 1 is 1.47 bits per heavy atom. The van der Waals surface area contributed by atoms with Gasteiger partial charge in [0.25, 0.3) is 0 Å². The lowest BCUT2D eigenvalue weighted by molar-refractivity contribution is -0.122. The minimum absolute atomic E-state index is 0.0679. The summed E-state index contributed by atoms with van der Waals surface area (Å²) >= 11 is 0. The highest BCUT2D eigenvalue weighted by atomic mass is 16.3. The van der Waals surface area contributed by atoms with E-state index in [9.17, 15) is 15.2 Å². The topological polar surface area (TPSA) is 85.2 Å². The van der Waals surface area contributed by atoms with Gasteiger partial charge in [-0.25, -0.2) is 0 Å². The molecule has 2 rings (SSSR count). The fourth-order valence-electron chi connectivity index (χ4n) is 2.93. The van der Waals surface area contributed by atoms with E-state index >= 15 is 0 Å². The van der Waals surface area contributed by atoms with Crippen molar-refractivity contribution >= 4 is 5.91 Å². The molecule has 5 nitrogen and oxygen atoms in total. The molecule has 1 atom stereocenters. The quantitative estimate of drug-likeness (QED) is 0.659. The third kappa shape index (κ3) is 3.26. The first kappa shape index (κ1) is 14.3. The van der Waals surface area contributed by atoms with E-state index in [1.165, 1.54) is 0 Å². The number of rotatable bonds is 6. The zero-order chi connectivity index (χ0) is 13.9. The summed E-state index contributed by atoms with van der Waals surface area (Å²) < 4.78 is 0. The summed E-state index contributed by atoms with van der Waals surface area (Å²) in [6.45, 7) is 2.03. The van der Waals surface area contributed by atoms with Gasteiger partial charge < -0.3 is 15.7 Å². The average molecular weight is 265 g/mol. The maximum Gasteiger partial charge on any atom is 0.235 e. The number of aliphatic hydroxyl groups excluding tert-OH is 1. The van der Waals surface area contributed by atoms with E-state index in [1.807, 2.05) is 0 Å². The van der Waals surface area contributed by atoms with Crippen LogP contribution in [0.15, 0.2) is 0 Å². The van der Waals surface area contributed by atoms with Crippen LogP contribution in [0, 0.1) is 17.2 Å². The van der Waals surface area contributed by atoms with Gasteiger partial charge in [0.1, 0.15) is 5.54 Å². The van der Waals surface area contributed by atoms with Crippen molar-refractivity contribution in [3.63, 3.8) is 0 Å². The first-order chi connectivity index (χ1) is 9.03. The Kier molecular flexibility index (Phi) is 4.12. The third-order valence-corrected chi connectivity index (χ3v) is 4.51. The van der Waals surface area contributed by atoms with Crippen LogP contribution in [-0.4, -0.2) is 35.2 Å². The van der Waals surface area contributed by atoms with Crippen LogP contribution in [0.25, 0.3) is 0 Å². The maximum absolute atomic E-state index is 12.0. The number of aliphatic hydroxyl groups is 1. The van der Waals surface area contributed by atoms with Gasteiger partial charge >= 0.3 is 0 Å². The minimum Gasteiger partial charge on any atom is -0.394 e. The standard InChI is InChI=1S/C14H23N3O2/c1-13(9-15,11-4-5-11)17-12(19)8-16-14(10-18)6-2-3-7-14/h11,16,18H,2-8,10H2,1H3,(H,17,19). The van der Waals surface area contributed by atoms with Crippen LogP contribution in [0.5, 0.6) is 0 Å². The molecule has 0 spiro atoms. The van der Waals surface area contributed by atoms with Gasteiger partial charge in [0, 0.05) is 5.54 Å². The van der Waals surface area contributed by atoms with Crippen molar-refractivity contribution in [2.45, 2.75) is 56.5 Å². The molecule has 19 heavy (non-hydrogen) atoms. The Morgan fingerprint density at radius 3 is 2.58 bits per heavy atom. The highest BCUT2D eigenvalue weighted by molar-refractivity contribution is 5.79. The lowest BCUT2D eigenvalue weighted by atomic mass is 9.97. The molecule has 0 radical (unpaired) electrons. The number of amides is 1. The second kappa shape index (κ2) is 5.48. The zero-order valence-electron chi connectivity index (χ0n) is 11.5. The Bertz CT molecular complexity index is 381. The molecule has 1 unspecified atom stereocenters. The molecular weight excluding hydrogens is 242 g/mol. The van der Waals surface area contributed by atoms with E-state index in [-0.39, 0.29) is 24.6 Å². The molecule has 0 heterocycles. The molecule has 2 saturated carbocycles. The van der Waals surface area contributed by atoms with E-state index in [1.54, 1.807) is 6.92 Å². The zero-order valence-corrected chi connectivity index (χ0v) is 11.5. The summed E-state index contributed by atoms with van der Waals surface area (Å²) in [5, 5.41) is 24.7. The van der Waals surface area contributed by atoms with Crippen LogP contribution in [0.1, 0.15) is 45.4 Å². The fourth-order valence-corrected chi connectivity index (χ4v) is 2.93. The van der Waals surface area contributed by atoms with Gasteiger partial charge in [-0.3, -0.25) is 4.79 Å². The van der Waals surface area contributed by atoms with Crippen molar-refractivity contribution in [2.24, 2.45) is 5.92 Å². The Morgan fingerprint density at radius 2 is 2.11 bits per heavy atom. The van der Waals surface area contributed by atoms with E-state index in [2.05, 4.69) is 16.7 Å². The molecule has 106 valence electrons. The summed E-state index contributed by atoms with van der Waals surface area (Å²) in [7, 11) is 0. The number of hydrogen-bond donors (Lipinski definition) is 3. The SMILES string of the molecule is CC(C#N)(NC(=O)CNC1(CO)CCCC1)C1CC1. The number of nitrogens with one attached hydrogen (secondary N) is 2. The molecule has 0 saturated heterocycles. The molecule has 0 bridgehead atoms. The predicted octanol–water partition coefficient (Wildman–Crippen LogP) is 0.690.